The largest absolute Gasteiger partial charge is 0.497 e. The number of benzene rings is 2. The van der Waals surface area contributed by atoms with Gasteiger partial charge in [0.05, 0.1) is 13.7 Å². The number of carbonyl (C=O) groups excluding carboxylic acids is 2. The van der Waals surface area contributed by atoms with Gasteiger partial charge < -0.3 is 15.0 Å². The zero-order chi connectivity index (χ0) is 19.8. The first-order valence-electron chi connectivity index (χ1n) is 9.17. The van der Waals surface area contributed by atoms with Crippen molar-refractivity contribution in [1.82, 2.24) is 4.90 Å². The third-order valence-corrected chi connectivity index (χ3v) is 4.47. The average molecular weight is 368 g/mol. The summed E-state index contributed by atoms with van der Waals surface area (Å²) in [5.41, 5.74) is 3.05. The molecule has 1 N–H and O–H groups in total. The molecule has 0 atom stereocenters. The molecule has 0 bridgehead atoms. The lowest BCUT2D eigenvalue weighted by molar-refractivity contribution is -0.132. The van der Waals surface area contributed by atoms with Crippen LogP contribution >= 0.6 is 0 Å². The molecular weight excluding hydrogens is 340 g/mol. The predicted octanol–water partition coefficient (Wildman–Crippen LogP) is 3.85. The van der Waals surface area contributed by atoms with E-state index in [1.807, 2.05) is 48.5 Å². The summed E-state index contributed by atoms with van der Waals surface area (Å²) >= 11 is 0. The van der Waals surface area contributed by atoms with E-state index in [0.717, 1.165) is 17.0 Å². The van der Waals surface area contributed by atoms with E-state index in [9.17, 15) is 9.59 Å². The van der Waals surface area contributed by atoms with Crippen LogP contribution in [0.5, 0.6) is 5.75 Å². The molecule has 2 rings (SSSR count). The molecule has 0 aliphatic heterocycles. The van der Waals surface area contributed by atoms with Gasteiger partial charge in [-0.3, -0.25) is 9.59 Å². The molecule has 2 aromatic rings. The lowest BCUT2D eigenvalue weighted by Gasteiger charge is -2.20. The minimum atomic E-state index is -0.197. The fraction of sp³-hybridized carbons (Fsp3) is 0.364. The van der Waals surface area contributed by atoms with Crippen LogP contribution in [0.3, 0.4) is 0 Å². The normalized spacial score (nSPS) is 10.6. The van der Waals surface area contributed by atoms with E-state index in [-0.39, 0.29) is 18.4 Å². The molecule has 0 unspecified atom stereocenters. The average Bonchev–Trinajstić information content (AvgIpc) is 2.65. The van der Waals surface area contributed by atoms with Crippen molar-refractivity contribution in [3.05, 3.63) is 59.7 Å². The molecule has 0 heterocycles. The third kappa shape index (κ3) is 6.44. The Kier molecular flexibility index (Phi) is 7.41. The highest BCUT2D eigenvalue weighted by atomic mass is 16.5. The fourth-order valence-corrected chi connectivity index (χ4v) is 2.73. The maximum absolute atomic E-state index is 12.3. The van der Waals surface area contributed by atoms with Crippen molar-refractivity contribution in [1.29, 1.82) is 0 Å². The Morgan fingerprint density at radius 2 is 1.67 bits per heavy atom. The van der Waals surface area contributed by atoms with Crippen LogP contribution in [0.1, 0.15) is 37.8 Å². The number of rotatable bonds is 8. The van der Waals surface area contributed by atoms with Crippen molar-refractivity contribution in [2.45, 2.75) is 33.1 Å². The summed E-state index contributed by atoms with van der Waals surface area (Å²) < 4.78 is 5.15. The number of amides is 2. The van der Waals surface area contributed by atoms with Gasteiger partial charge in [0.1, 0.15) is 5.75 Å². The van der Waals surface area contributed by atoms with E-state index in [2.05, 4.69) is 19.2 Å². The standard InChI is InChI=1S/C22H28N2O3/c1-16(2)19-7-9-20(10-8-19)23-22(26)15-24(17(3)25)14-13-18-5-11-21(27-4)12-6-18/h5-12,16H,13-15H2,1-4H3,(H,23,26). The van der Waals surface area contributed by atoms with Gasteiger partial charge in [-0.05, 0) is 47.7 Å². The first kappa shape index (κ1) is 20.5. The minimum Gasteiger partial charge on any atom is -0.497 e. The van der Waals surface area contributed by atoms with Crippen molar-refractivity contribution < 1.29 is 14.3 Å². The number of nitrogens with one attached hydrogen (secondary N) is 1. The SMILES string of the molecule is COc1ccc(CCN(CC(=O)Nc2ccc(C(C)C)cc2)C(C)=O)cc1. The zero-order valence-corrected chi connectivity index (χ0v) is 16.5. The van der Waals surface area contributed by atoms with Crippen LogP contribution in [0, 0.1) is 0 Å². The summed E-state index contributed by atoms with van der Waals surface area (Å²) in [6.45, 7) is 6.26. The molecule has 0 aliphatic rings. The van der Waals surface area contributed by atoms with Gasteiger partial charge in [0.25, 0.3) is 0 Å². The molecule has 0 saturated heterocycles. The second-order valence-electron chi connectivity index (χ2n) is 6.86. The quantitative estimate of drug-likeness (QED) is 0.770. The number of carbonyl (C=O) groups is 2. The molecule has 27 heavy (non-hydrogen) atoms. The molecule has 0 saturated carbocycles. The molecule has 5 nitrogen and oxygen atoms in total. The molecule has 0 spiro atoms. The second kappa shape index (κ2) is 9.76. The Labute approximate surface area is 161 Å². The van der Waals surface area contributed by atoms with Gasteiger partial charge in [0.2, 0.25) is 11.8 Å². The Morgan fingerprint density at radius 1 is 1.04 bits per heavy atom. The maximum Gasteiger partial charge on any atom is 0.243 e. The highest BCUT2D eigenvalue weighted by Crippen LogP contribution is 2.17. The Balaban J connectivity index is 1.90. The number of ether oxygens (including phenoxy) is 1. The molecular formula is C22H28N2O3. The van der Waals surface area contributed by atoms with Crippen LogP contribution in [0.4, 0.5) is 5.69 Å². The van der Waals surface area contributed by atoms with Crippen LogP contribution in [0.2, 0.25) is 0 Å². The summed E-state index contributed by atoms with van der Waals surface area (Å²) in [6, 6.07) is 15.5. The molecule has 0 radical (unpaired) electrons. The van der Waals surface area contributed by atoms with E-state index in [4.69, 9.17) is 4.74 Å². The number of anilines is 1. The summed E-state index contributed by atoms with van der Waals surface area (Å²) in [7, 11) is 1.63. The smallest absolute Gasteiger partial charge is 0.243 e. The lowest BCUT2D eigenvalue weighted by atomic mass is 10.0. The number of nitrogens with zero attached hydrogens (tertiary/aromatic N) is 1. The molecule has 2 aromatic carbocycles. The summed E-state index contributed by atoms with van der Waals surface area (Å²) in [5, 5.41) is 2.86. The first-order chi connectivity index (χ1) is 12.9. The minimum absolute atomic E-state index is 0.0391. The van der Waals surface area contributed by atoms with Crippen LogP contribution in [0.25, 0.3) is 0 Å². The van der Waals surface area contributed by atoms with Crippen molar-refractivity contribution >= 4 is 17.5 Å². The van der Waals surface area contributed by atoms with Gasteiger partial charge in [-0.1, -0.05) is 38.1 Å². The molecule has 0 fully saturated rings. The van der Waals surface area contributed by atoms with E-state index < -0.39 is 0 Å². The van der Waals surface area contributed by atoms with Crippen LogP contribution in [0.15, 0.2) is 48.5 Å². The van der Waals surface area contributed by atoms with E-state index in [1.165, 1.54) is 12.5 Å². The second-order valence-corrected chi connectivity index (χ2v) is 6.86. The van der Waals surface area contributed by atoms with Crippen LogP contribution in [-0.4, -0.2) is 36.9 Å². The van der Waals surface area contributed by atoms with Crippen LogP contribution in [-0.2, 0) is 16.0 Å². The van der Waals surface area contributed by atoms with E-state index in [0.29, 0.717) is 18.9 Å². The predicted molar refractivity (Wildman–Crippen MR) is 108 cm³/mol. The first-order valence-corrected chi connectivity index (χ1v) is 9.17. The highest BCUT2D eigenvalue weighted by Gasteiger charge is 2.14. The van der Waals surface area contributed by atoms with E-state index in [1.54, 1.807) is 12.0 Å². The van der Waals surface area contributed by atoms with Crippen molar-refractivity contribution in [3.8, 4) is 5.75 Å². The van der Waals surface area contributed by atoms with Crippen molar-refractivity contribution in [3.63, 3.8) is 0 Å². The fourth-order valence-electron chi connectivity index (χ4n) is 2.73. The summed E-state index contributed by atoms with van der Waals surface area (Å²) in [6.07, 6.45) is 0.680. The van der Waals surface area contributed by atoms with E-state index >= 15 is 0 Å². The van der Waals surface area contributed by atoms with Gasteiger partial charge in [0.15, 0.2) is 0 Å². The van der Waals surface area contributed by atoms with Crippen molar-refractivity contribution in [2.75, 3.05) is 25.5 Å². The number of hydrogen-bond acceptors (Lipinski definition) is 3. The Hall–Kier alpha value is -2.82. The number of hydrogen-bond donors (Lipinski definition) is 1. The molecule has 5 heteroatoms. The number of methoxy groups -OCH3 is 1. The Bertz CT molecular complexity index is 752. The zero-order valence-electron chi connectivity index (χ0n) is 16.5. The Morgan fingerprint density at radius 3 is 2.19 bits per heavy atom. The van der Waals surface area contributed by atoms with Gasteiger partial charge in [0, 0.05) is 19.2 Å². The third-order valence-electron chi connectivity index (χ3n) is 4.47. The van der Waals surface area contributed by atoms with Crippen LogP contribution < -0.4 is 10.1 Å². The molecule has 0 aromatic heterocycles. The molecule has 144 valence electrons. The van der Waals surface area contributed by atoms with Gasteiger partial charge in [-0.25, -0.2) is 0 Å². The highest BCUT2D eigenvalue weighted by molar-refractivity contribution is 5.94. The summed E-state index contributed by atoms with van der Waals surface area (Å²) in [4.78, 5) is 25.8. The topological polar surface area (TPSA) is 58.6 Å². The maximum atomic E-state index is 12.3. The summed E-state index contributed by atoms with van der Waals surface area (Å²) in [5.74, 6) is 0.928. The monoisotopic (exact) mass is 368 g/mol. The van der Waals surface area contributed by atoms with Gasteiger partial charge >= 0.3 is 0 Å². The van der Waals surface area contributed by atoms with Crippen molar-refractivity contribution in [2.24, 2.45) is 0 Å². The van der Waals surface area contributed by atoms with Gasteiger partial charge in [-0.2, -0.15) is 0 Å². The lowest BCUT2D eigenvalue weighted by Crippen LogP contribution is -2.38. The molecule has 0 aliphatic carbocycles. The molecule has 2 amide bonds. The van der Waals surface area contributed by atoms with Gasteiger partial charge in [-0.15, -0.1) is 0 Å².